The van der Waals surface area contributed by atoms with Gasteiger partial charge < -0.3 is 14.8 Å². The normalized spacial score (nSPS) is 29.6. The summed E-state index contributed by atoms with van der Waals surface area (Å²) in [6.45, 7) is 0. The number of fused-ring (bicyclic) bond motifs is 2. The summed E-state index contributed by atoms with van der Waals surface area (Å²) in [4.78, 5) is 0. The first kappa shape index (κ1) is 14.7. The van der Waals surface area contributed by atoms with E-state index in [-0.39, 0.29) is 29.9 Å². The molecule has 2 aliphatic rings. The van der Waals surface area contributed by atoms with Gasteiger partial charge in [0.1, 0.15) is 5.75 Å². The third-order valence-electron chi connectivity index (χ3n) is 4.37. The molecule has 2 fully saturated rings. The Balaban J connectivity index is 1.87. The van der Waals surface area contributed by atoms with E-state index >= 15 is 0 Å². The van der Waals surface area contributed by atoms with Crippen molar-refractivity contribution in [3.63, 3.8) is 0 Å². The lowest BCUT2D eigenvalue weighted by atomic mass is 9.81. The first-order valence-corrected chi connectivity index (χ1v) is 7.15. The topological polar surface area (TPSA) is 30.5 Å². The van der Waals surface area contributed by atoms with Crippen LogP contribution in [-0.2, 0) is 4.74 Å². The molecule has 4 unspecified atom stereocenters. The van der Waals surface area contributed by atoms with Gasteiger partial charge in [0.25, 0.3) is 0 Å². The summed E-state index contributed by atoms with van der Waals surface area (Å²) >= 11 is 0. The molecule has 3 nitrogen and oxygen atoms in total. The van der Waals surface area contributed by atoms with Gasteiger partial charge in [-0.15, -0.1) is 13.2 Å². The molecule has 0 saturated carbocycles. The van der Waals surface area contributed by atoms with Crippen LogP contribution in [-0.4, -0.2) is 25.6 Å². The van der Waals surface area contributed by atoms with Crippen LogP contribution in [0, 0.1) is 5.92 Å². The summed E-state index contributed by atoms with van der Waals surface area (Å²) < 4.78 is 47.6. The van der Waals surface area contributed by atoms with Crippen molar-refractivity contribution in [2.75, 3.05) is 7.05 Å². The summed E-state index contributed by atoms with van der Waals surface area (Å²) in [6.07, 6.45) is -1.37. The number of nitrogens with one attached hydrogen (secondary N) is 1. The van der Waals surface area contributed by atoms with E-state index in [0.717, 1.165) is 19.3 Å². The Labute approximate surface area is 121 Å². The number of para-hydroxylation sites is 1. The maximum Gasteiger partial charge on any atom is 0.573 e. The molecule has 0 aromatic heterocycles. The van der Waals surface area contributed by atoms with Crippen molar-refractivity contribution in [3.05, 3.63) is 29.8 Å². The Morgan fingerprint density at radius 1 is 1.29 bits per heavy atom. The minimum Gasteiger partial charge on any atom is -0.405 e. The molecule has 4 atom stereocenters. The number of halogens is 3. The van der Waals surface area contributed by atoms with Gasteiger partial charge in [-0.25, -0.2) is 0 Å². The second kappa shape index (κ2) is 5.50. The summed E-state index contributed by atoms with van der Waals surface area (Å²) in [5.74, 6) is 0.0545. The van der Waals surface area contributed by atoms with Crippen LogP contribution in [0.1, 0.15) is 30.9 Å². The van der Waals surface area contributed by atoms with Gasteiger partial charge in [0.15, 0.2) is 0 Å². The third kappa shape index (κ3) is 3.01. The highest BCUT2D eigenvalue weighted by Crippen LogP contribution is 2.46. The first-order valence-electron chi connectivity index (χ1n) is 7.15. The van der Waals surface area contributed by atoms with E-state index in [9.17, 15) is 13.2 Å². The van der Waals surface area contributed by atoms with E-state index in [4.69, 9.17) is 4.74 Å². The Hall–Kier alpha value is -1.27. The monoisotopic (exact) mass is 301 g/mol. The molecule has 1 N–H and O–H groups in total. The van der Waals surface area contributed by atoms with Crippen molar-refractivity contribution in [3.8, 4) is 5.75 Å². The zero-order valence-electron chi connectivity index (χ0n) is 11.7. The lowest BCUT2D eigenvalue weighted by Crippen LogP contribution is -2.32. The summed E-state index contributed by atoms with van der Waals surface area (Å²) in [5, 5.41) is 3.14. The molecule has 116 valence electrons. The van der Waals surface area contributed by atoms with Gasteiger partial charge in [-0.1, -0.05) is 18.2 Å². The SMILES string of the molecule is CNC(c1ccccc1OC(F)(F)F)C1CC2CCC1O2. The molecular weight excluding hydrogens is 283 g/mol. The second-order valence-electron chi connectivity index (χ2n) is 5.63. The van der Waals surface area contributed by atoms with Crippen LogP contribution in [0.15, 0.2) is 24.3 Å². The van der Waals surface area contributed by atoms with Crippen molar-refractivity contribution in [1.82, 2.24) is 5.32 Å². The average molecular weight is 301 g/mol. The quantitative estimate of drug-likeness (QED) is 0.924. The van der Waals surface area contributed by atoms with Crippen LogP contribution >= 0.6 is 0 Å². The largest absolute Gasteiger partial charge is 0.573 e. The molecule has 3 rings (SSSR count). The van der Waals surface area contributed by atoms with E-state index in [1.165, 1.54) is 6.07 Å². The van der Waals surface area contributed by atoms with Crippen molar-refractivity contribution < 1.29 is 22.6 Å². The molecule has 6 heteroatoms. The Morgan fingerprint density at radius 2 is 2.05 bits per heavy atom. The third-order valence-corrected chi connectivity index (χ3v) is 4.37. The van der Waals surface area contributed by atoms with E-state index in [0.29, 0.717) is 5.56 Å². The standard InChI is InChI=1S/C15H18F3NO2/c1-19-14(11-8-9-6-7-12(11)20-9)10-4-2-3-5-13(10)21-15(16,17)18/h2-5,9,11-12,14,19H,6-8H2,1H3. The van der Waals surface area contributed by atoms with E-state index in [1.807, 2.05) is 0 Å². The fourth-order valence-corrected chi connectivity index (χ4v) is 3.58. The average Bonchev–Trinajstić information content (AvgIpc) is 3.02. The lowest BCUT2D eigenvalue weighted by Gasteiger charge is -2.29. The number of benzene rings is 1. The van der Waals surface area contributed by atoms with Crippen LogP contribution in [0.25, 0.3) is 0 Å². The van der Waals surface area contributed by atoms with Gasteiger partial charge in [0, 0.05) is 17.5 Å². The van der Waals surface area contributed by atoms with Crippen molar-refractivity contribution in [1.29, 1.82) is 0 Å². The predicted molar refractivity (Wildman–Crippen MR) is 70.9 cm³/mol. The lowest BCUT2D eigenvalue weighted by molar-refractivity contribution is -0.275. The fraction of sp³-hybridized carbons (Fsp3) is 0.600. The Kier molecular flexibility index (Phi) is 3.84. The molecule has 2 bridgehead atoms. The zero-order chi connectivity index (χ0) is 15.0. The van der Waals surface area contributed by atoms with E-state index in [2.05, 4.69) is 10.1 Å². The molecule has 2 heterocycles. The van der Waals surface area contributed by atoms with Crippen LogP contribution in [0.3, 0.4) is 0 Å². The number of ether oxygens (including phenoxy) is 2. The number of hydrogen-bond donors (Lipinski definition) is 1. The molecule has 2 saturated heterocycles. The first-order chi connectivity index (χ1) is 9.98. The van der Waals surface area contributed by atoms with E-state index in [1.54, 1.807) is 25.2 Å². The van der Waals surface area contributed by atoms with Crippen molar-refractivity contribution >= 4 is 0 Å². The molecule has 2 aliphatic heterocycles. The smallest absolute Gasteiger partial charge is 0.405 e. The summed E-state index contributed by atoms with van der Waals surface area (Å²) in [6, 6.07) is 6.14. The molecule has 0 spiro atoms. The van der Waals surface area contributed by atoms with Gasteiger partial charge in [-0.05, 0) is 32.4 Å². The van der Waals surface area contributed by atoms with Crippen LogP contribution < -0.4 is 10.1 Å². The molecule has 0 radical (unpaired) electrons. The molecule has 21 heavy (non-hydrogen) atoms. The Bertz CT molecular complexity index is 506. The Morgan fingerprint density at radius 3 is 2.62 bits per heavy atom. The van der Waals surface area contributed by atoms with Gasteiger partial charge in [-0.2, -0.15) is 0 Å². The van der Waals surface area contributed by atoms with Crippen molar-refractivity contribution in [2.24, 2.45) is 5.92 Å². The molecule has 1 aromatic carbocycles. The maximum absolute atomic E-state index is 12.5. The van der Waals surface area contributed by atoms with Crippen molar-refractivity contribution in [2.45, 2.75) is 43.9 Å². The predicted octanol–water partition coefficient (Wildman–Crippen LogP) is 3.41. The number of rotatable bonds is 4. The highest BCUT2D eigenvalue weighted by Gasteiger charge is 2.45. The maximum atomic E-state index is 12.5. The minimum absolute atomic E-state index is 0.131. The van der Waals surface area contributed by atoms with Gasteiger partial charge in [0.2, 0.25) is 0 Å². The highest BCUT2D eigenvalue weighted by molar-refractivity contribution is 5.37. The van der Waals surface area contributed by atoms with Gasteiger partial charge in [0.05, 0.1) is 12.2 Å². The number of hydrogen-bond acceptors (Lipinski definition) is 3. The van der Waals surface area contributed by atoms with Gasteiger partial charge >= 0.3 is 6.36 Å². The molecule has 0 aliphatic carbocycles. The highest BCUT2D eigenvalue weighted by atomic mass is 19.4. The molecule has 0 amide bonds. The van der Waals surface area contributed by atoms with Crippen LogP contribution in [0.2, 0.25) is 0 Å². The fourth-order valence-electron chi connectivity index (χ4n) is 3.58. The summed E-state index contributed by atoms with van der Waals surface area (Å²) in [7, 11) is 1.76. The van der Waals surface area contributed by atoms with E-state index < -0.39 is 6.36 Å². The van der Waals surface area contributed by atoms with Crippen LogP contribution in [0.5, 0.6) is 5.75 Å². The van der Waals surface area contributed by atoms with Gasteiger partial charge in [-0.3, -0.25) is 0 Å². The second-order valence-corrected chi connectivity index (χ2v) is 5.63. The summed E-state index contributed by atoms with van der Waals surface area (Å²) in [5.41, 5.74) is 0.540. The van der Waals surface area contributed by atoms with Crippen LogP contribution in [0.4, 0.5) is 13.2 Å². The molecular formula is C15H18F3NO2. The minimum atomic E-state index is -4.68. The zero-order valence-corrected chi connectivity index (χ0v) is 11.7. The number of alkyl halides is 3. The molecule has 1 aromatic rings.